The molecule has 2 aromatic rings. The van der Waals surface area contributed by atoms with Crippen molar-refractivity contribution < 1.29 is 8.42 Å². The van der Waals surface area contributed by atoms with Gasteiger partial charge in [0.2, 0.25) is 10.0 Å². The zero-order valence-corrected chi connectivity index (χ0v) is 11.5. The van der Waals surface area contributed by atoms with Gasteiger partial charge in [0.15, 0.2) is 0 Å². The number of sulfonamides is 1. The molecule has 7 heteroatoms. The predicted octanol–water partition coefficient (Wildman–Crippen LogP) is 1.39. The highest BCUT2D eigenvalue weighted by Crippen LogP contribution is 2.15. The average Bonchev–Trinajstić information content (AvgIpc) is 2.48. The first kappa shape index (κ1) is 14.1. The van der Waals surface area contributed by atoms with Gasteiger partial charge in [0, 0.05) is 24.6 Å². The summed E-state index contributed by atoms with van der Waals surface area (Å²) in [5.41, 5.74) is 0.932. The summed E-state index contributed by atoms with van der Waals surface area (Å²) in [6, 6.07) is 7.67. The zero-order valence-electron chi connectivity index (χ0n) is 10.7. The first-order valence-electron chi connectivity index (χ1n) is 5.81. The summed E-state index contributed by atoms with van der Waals surface area (Å²) in [6.07, 6.45) is 4.39. The summed E-state index contributed by atoms with van der Waals surface area (Å²) in [4.78, 5) is 7.72. The third-order valence-corrected chi connectivity index (χ3v) is 4.20. The van der Waals surface area contributed by atoms with E-state index in [1.165, 1.54) is 12.1 Å². The molecule has 0 saturated heterocycles. The molecule has 0 amide bonds. The molecule has 0 fully saturated rings. The minimum absolute atomic E-state index is 0.0206. The highest BCUT2D eigenvalue weighted by Gasteiger charge is 2.18. The van der Waals surface area contributed by atoms with Crippen LogP contribution in [-0.2, 0) is 10.0 Å². The second kappa shape index (κ2) is 5.77. The quantitative estimate of drug-likeness (QED) is 0.917. The van der Waals surface area contributed by atoms with Crippen molar-refractivity contribution in [1.82, 2.24) is 14.7 Å². The van der Waals surface area contributed by atoms with Crippen molar-refractivity contribution in [3.63, 3.8) is 0 Å². The number of nitriles is 1. The van der Waals surface area contributed by atoms with E-state index in [0.717, 1.165) is 11.8 Å². The third-order valence-electron chi connectivity index (χ3n) is 2.68. The van der Waals surface area contributed by atoms with Crippen LogP contribution in [0.3, 0.4) is 0 Å². The number of pyridine rings is 2. The first-order valence-corrected chi connectivity index (χ1v) is 7.29. The minimum Gasteiger partial charge on any atom is -0.264 e. The van der Waals surface area contributed by atoms with Gasteiger partial charge in [0.05, 0.1) is 0 Å². The van der Waals surface area contributed by atoms with Gasteiger partial charge in [-0.2, -0.15) is 5.26 Å². The SMILES string of the molecule is CC(NS(=O)(=O)c1ccc(C#N)nc1)c1cccnc1. The molecule has 0 aliphatic rings. The Morgan fingerprint density at radius 1 is 1.30 bits per heavy atom. The van der Waals surface area contributed by atoms with Gasteiger partial charge in [0.1, 0.15) is 16.7 Å². The lowest BCUT2D eigenvalue weighted by molar-refractivity contribution is 0.566. The Kier molecular flexibility index (Phi) is 4.08. The van der Waals surface area contributed by atoms with E-state index in [1.54, 1.807) is 31.5 Å². The van der Waals surface area contributed by atoms with Crippen molar-refractivity contribution in [3.05, 3.63) is 54.1 Å². The molecule has 102 valence electrons. The van der Waals surface area contributed by atoms with Crippen molar-refractivity contribution >= 4 is 10.0 Å². The van der Waals surface area contributed by atoms with Crippen LogP contribution in [0.1, 0.15) is 24.2 Å². The maximum absolute atomic E-state index is 12.2. The molecule has 0 radical (unpaired) electrons. The van der Waals surface area contributed by atoms with Gasteiger partial charge in [-0.3, -0.25) is 4.98 Å². The van der Waals surface area contributed by atoms with Crippen LogP contribution in [0.15, 0.2) is 47.8 Å². The smallest absolute Gasteiger partial charge is 0.242 e. The molecule has 0 saturated carbocycles. The van der Waals surface area contributed by atoms with Crippen molar-refractivity contribution in [2.45, 2.75) is 17.9 Å². The second-order valence-electron chi connectivity index (χ2n) is 4.12. The summed E-state index contributed by atoms with van der Waals surface area (Å²) in [5.74, 6) is 0. The Bertz CT molecular complexity index is 721. The fraction of sp³-hybridized carbons (Fsp3) is 0.154. The van der Waals surface area contributed by atoms with E-state index in [9.17, 15) is 8.42 Å². The Morgan fingerprint density at radius 3 is 2.65 bits per heavy atom. The predicted molar refractivity (Wildman–Crippen MR) is 71.9 cm³/mol. The number of nitrogens with one attached hydrogen (secondary N) is 1. The number of aromatic nitrogens is 2. The van der Waals surface area contributed by atoms with Crippen LogP contribution in [-0.4, -0.2) is 18.4 Å². The molecule has 0 bridgehead atoms. The lowest BCUT2D eigenvalue weighted by atomic mass is 10.2. The Hall–Kier alpha value is -2.30. The standard InChI is InChI=1S/C13H12N4O2S/c1-10(11-3-2-6-15-8-11)17-20(18,19)13-5-4-12(7-14)16-9-13/h2-6,8-10,17H,1H3. The van der Waals surface area contributed by atoms with Crippen molar-refractivity contribution in [2.75, 3.05) is 0 Å². The van der Waals surface area contributed by atoms with E-state index in [2.05, 4.69) is 14.7 Å². The Morgan fingerprint density at radius 2 is 2.10 bits per heavy atom. The molecule has 0 aliphatic heterocycles. The monoisotopic (exact) mass is 288 g/mol. The second-order valence-corrected chi connectivity index (χ2v) is 5.83. The van der Waals surface area contributed by atoms with E-state index in [4.69, 9.17) is 5.26 Å². The van der Waals surface area contributed by atoms with Crippen LogP contribution in [0.2, 0.25) is 0 Å². The van der Waals surface area contributed by atoms with E-state index >= 15 is 0 Å². The lowest BCUT2D eigenvalue weighted by Crippen LogP contribution is -2.27. The molecular weight excluding hydrogens is 276 g/mol. The summed E-state index contributed by atoms with van der Waals surface area (Å²) in [5, 5.41) is 8.64. The van der Waals surface area contributed by atoms with Gasteiger partial charge in [-0.25, -0.2) is 18.1 Å². The van der Waals surface area contributed by atoms with Crippen LogP contribution in [0.4, 0.5) is 0 Å². The number of rotatable bonds is 4. The minimum atomic E-state index is -3.68. The van der Waals surface area contributed by atoms with Crippen LogP contribution < -0.4 is 4.72 Å². The zero-order chi connectivity index (χ0) is 14.6. The topological polar surface area (TPSA) is 95.7 Å². The molecular formula is C13H12N4O2S. The van der Waals surface area contributed by atoms with Crippen molar-refractivity contribution in [1.29, 1.82) is 5.26 Å². The lowest BCUT2D eigenvalue weighted by Gasteiger charge is -2.14. The molecule has 1 unspecified atom stereocenters. The Labute approximate surface area is 117 Å². The molecule has 2 heterocycles. The maximum Gasteiger partial charge on any atom is 0.242 e. The van der Waals surface area contributed by atoms with Gasteiger partial charge in [0.25, 0.3) is 0 Å². The molecule has 2 rings (SSSR count). The first-order chi connectivity index (χ1) is 9.53. The van der Waals surface area contributed by atoms with Crippen molar-refractivity contribution in [2.24, 2.45) is 0 Å². The summed E-state index contributed by atoms with van der Waals surface area (Å²) < 4.78 is 26.9. The summed E-state index contributed by atoms with van der Waals surface area (Å²) >= 11 is 0. The largest absolute Gasteiger partial charge is 0.264 e. The fourth-order valence-corrected chi connectivity index (χ4v) is 2.78. The van der Waals surface area contributed by atoms with Gasteiger partial charge in [-0.1, -0.05) is 6.07 Å². The number of hydrogen-bond acceptors (Lipinski definition) is 5. The molecule has 0 aromatic carbocycles. The third kappa shape index (κ3) is 3.17. The summed E-state index contributed by atoms with van der Waals surface area (Å²) in [6.45, 7) is 1.73. The van der Waals surface area contributed by atoms with Gasteiger partial charge < -0.3 is 0 Å². The van der Waals surface area contributed by atoms with E-state index < -0.39 is 16.1 Å². The normalized spacial score (nSPS) is 12.6. The molecule has 20 heavy (non-hydrogen) atoms. The number of hydrogen-bond donors (Lipinski definition) is 1. The summed E-state index contributed by atoms with van der Waals surface area (Å²) in [7, 11) is -3.68. The average molecular weight is 288 g/mol. The maximum atomic E-state index is 12.2. The van der Waals surface area contributed by atoms with E-state index in [1.807, 2.05) is 6.07 Å². The van der Waals surface area contributed by atoms with Gasteiger partial charge in [-0.05, 0) is 30.7 Å². The molecule has 1 N–H and O–H groups in total. The van der Waals surface area contributed by atoms with E-state index in [-0.39, 0.29) is 10.6 Å². The van der Waals surface area contributed by atoms with Crippen LogP contribution >= 0.6 is 0 Å². The van der Waals surface area contributed by atoms with Crippen LogP contribution in [0.5, 0.6) is 0 Å². The van der Waals surface area contributed by atoms with E-state index in [0.29, 0.717) is 0 Å². The molecule has 2 aromatic heterocycles. The molecule has 0 spiro atoms. The fourth-order valence-electron chi connectivity index (χ4n) is 1.61. The Balaban J connectivity index is 2.21. The van der Waals surface area contributed by atoms with Gasteiger partial charge in [-0.15, -0.1) is 0 Å². The highest BCUT2D eigenvalue weighted by molar-refractivity contribution is 7.89. The highest BCUT2D eigenvalue weighted by atomic mass is 32.2. The molecule has 1 atom stereocenters. The van der Waals surface area contributed by atoms with Gasteiger partial charge >= 0.3 is 0 Å². The number of nitrogens with zero attached hydrogens (tertiary/aromatic N) is 3. The molecule has 0 aliphatic carbocycles. The van der Waals surface area contributed by atoms with Crippen LogP contribution in [0, 0.1) is 11.3 Å². The van der Waals surface area contributed by atoms with Crippen LogP contribution in [0.25, 0.3) is 0 Å². The molecule has 6 nitrogen and oxygen atoms in total. The van der Waals surface area contributed by atoms with Crippen molar-refractivity contribution in [3.8, 4) is 6.07 Å².